The SMILES string of the molecule is CCOC(=O)N[C@H]1CCCC[C@@H]1n1cnc(C(=O)N2CCNC[C@H]2CCOc2ccc3c(c2)CCO3)c1-c1ccccc1. The van der Waals surface area contributed by atoms with Crippen molar-refractivity contribution in [3.05, 3.63) is 66.1 Å². The van der Waals surface area contributed by atoms with E-state index in [-0.39, 0.29) is 24.0 Å². The lowest BCUT2D eigenvalue weighted by molar-refractivity contribution is 0.0601. The van der Waals surface area contributed by atoms with Gasteiger partial charge in [0, 0.05) is 49.6 Å². The summed E-state index contributed by atoms with van der Waals surface area (Å²) < 4.78 is 19.0. The molecular weight excluding hydrogens is 546 g/mol. The Bertz CT molecular complexity index is 1410. The first-order valence-electron chi connectivity index (χ1n) is 15.6. The van der Waals surface area contributed by atoms with Crippen LogP contribution in [0.2, 0.25) is 0 Å². The molecule has 3 aromatic rings. The number of carbonyl (C=O) groups is 2. The number of amides is 2. The van der Waals surface area contributed by atoms with Crippen LogP contribution in [0.4, 0.5) is 4.79 Å². The Morgan fingerprint density at radius 3 is 2.86 bits per heavy atom. The van der Waals surface area contributed by atoms with Gasteiger partial charge in [0.15, 0.2) is 5.69 Å². The number of fused-ring (bicyclic) bond motifs is 1. The summed E-state index contributed by atoms with van der Waals surface area (Å²) in [6.07, 6.45) is 6.76. The zero-order valence-corrected chi connectivity index (χ0v) is 24.8. The van der Waals surface area contributed by atoms with Gasteiger partial charge in [-0.15, -0.1) is 0 Å². The first-order chi connectivity index (χ1) is 21.1. The zero-order valence-electron chi connectivity index (χ0n) is 24.8. The summed E-state index contributed by atoms with van der Waals surface area (Å²) in [5.74, 6) is 1.68. The van der Waals surface area contributed by atoms with Gasteiger partial charge in [0.2, 0.25) is 0 Å². The minimum Gasteiger partial charge on any atom is -0.494 e. The van der Waals surface area contributed by atoms with E-state index in [1.807, 2.05) is 47.4 Å². The molecule has 0 bridgehead atoms. The normalized spacial score (nSPS) is 21.5. The molecule has 3 atom stereocenters. The van der Waals surface area contributed by atoms with Crippen molar-refractivity contribution in [2.45, 2.75) is 63.6 Å². The summed E-state index contributed by atoms with van der Waals surface area (Å²) in [5.41, 5.74) is 3.34. The number of nitrogens with zero attached hydrogens (tertiary/aromatic N) is 3. The lowest BCUT2D eigenvalue weighted by Crippen LogP contribution is -2.54. The molecule has 2 amide bonds. The predicted molar refractivity (Wildman–Crippen MR) is 163 cm³/mol. The summed E-state index contributed by atoms with van der Waals surface area (Å²) in [5, 5.41) is 6.52. The quantitative estimate of drug-likeness (QED) is 0.377. The highest BCUT2D eigenvalue weighted by Gasteiger charge is 2.35. The molecule has 1 saturated heterocycles. The Balaban J connectivity index is 1.23. The molecule has 0 spiro atoms. The van der Waals surface area contributed by atoms with Gasteiger partial charge in [0.05, 0.1) is 43.9 Å². The number of ether oxygens (including phenoxy) is 3. The summed E-state index contributed by atoms with van der Waals surface area (Å²) in [7, 11) is 0. The molecule has 2 aromatic carbocycles. The number of hydrogen-bond acceptors (Lipinski definition) is 7. The van der Waals surface area contributed by atoms with E-state index in [1.54, 1.807) is 13.3 Å². The van der Waals surface area contributed by atoms with Gasteiger partial charge >= 0.3 is 6.09 Å². The molecule has 2 N–H and O–H groups in total. The number of imidazole rings is 1. The fourth-order valence-electron chi connectivity index (χ4n) is 6.58. The molecule has 6 rings (SSSR count). The third-order valence-electron chi connectivity index (χ3n) is 8.70. The topological polar surface area (TPSA) is 107 Å². The molecule has 2 aliphatic heterocycles. The first kappa shape index (κ1) is 29.0. The Morgan fingerprint density at radius 2 is 2.00 bits per heavy atom. The lowest BCUT2D eigenvalue weighted by atomic mass is 9.89. The number of hydrogen-bond donors (Lipinski definition) is 2. The summed E-state index contributed by atoms with van der Waals surface area (Å²) in [6.45, 7) is 5.36. The number of benzene rings is 2. The number of rotatable bonds is 9. The standard InChI is InChI=1S/C33H41N5O5/c1-2-41-33(40)36-27-10-6-7-11-28(27)38-22-35-30(31(38)23-8-4-3-5-9-23)32(39)37-17-16-34-21-25(37)15-19-42-26-12-13-29-24(20-26)14-18-43-29/h3-5,8-9,12-13,20,22,25,27-28,34H,2,6-7,10-11,14-19,21H2,1H3,(H,36,40)/t25-,27+,28+/m1/s1. The van der Waals surface area contributed by atoms with Crippen LogP contribution in [-0.4, -0.2) is 78.0 Å². The molecule has 0 radical (unpaired) electrons. The molecule has 43 heavy (non-hydrogen) atoms. The van der Waals surface area contributed by atoms with Crippen molar-refractivity contribution < 1.29 is 23.8 Å². The molecule has 1 aromatic heterocycles. The molecule has 10 nitrogen and oxygen atoms in total. The maximum atomic E-state index is 14.3. The van der Waals surface area contributed by atoms with E-state index in [9.17, 15) is 9.59 Å². The van der Waals surface area contributed by atoms with Gasteiger partial charge in [-0.1, -0.05) is 43.2 Å². The molecule has 228 valence electrons. The smallest absolute Gasteiger partial charge is 0.407 e. The lowest BCUT2D eigenvalue weighted by Gasteiger charge is -2.36. The van der Waals surface area contributed by atoms with Crippen molar-refractivity contribution in [1.82, 2.24) is 25.1 Å². The largest absolute Gasteiger partial charge is 0.494 e. The molecule has 2 fully saturated rings. The maximum Gasteiger partial charge on any atom is 0.407 e. The van der Waals surface area contributed by atoms with Crippen molar-refractivity contribution in [2.24, 2.45) is 0 Å². The van der Waals surface area contributed by atoms with Gasteiger partial charge in [0.1, 0.15) is 11.5 Å². The Labute approximate surface area is 252 Å². The molecule has 3 heterocycles. The van der Waals surface area contributed by atoms with Crippen LogP contribution in [0.15, 0.2) is 54.9 Å². The second-order valence-electron chi connectivity index (χ2n) is 11.4. The second kappa shape index (κ2) is 13.5. The van der Waals surface area contributed by atoms with Crippen molar-refractivity contribution >= 4 is 12.0 Å². The number of nitrogens with one attached hydrogen (secondary N) is 2. The van der Waals surface area contributed by atoms with E-state index < -0.39 is 6.09 Å². The van der Waals surface area contributed by atoms with Crippen molar-refractivity contribution in [3.63, 3.8) is 0 Å². The highest BCUT2D eigenvalue weighted by molar-refractivity contribution is 5.98. The average molecular weight is 588 g/mol. The third kappa shape index (κ3) is 6.49. The zero-order chi connectivity index (χ0) is 29.6. The monoisotopic (exact) mass is 587 g/mol. The minimum absolute atomic E-state index is 0.0271. The second-order valence-corrected chi connectivity index (χ2v) is 11.4. The molecular formula is C33H41N5O5. The molecule has 0 unspecified atom stereocenters. The van der Waals surface area contributed by atoms with Gasteiger partial charge in [-0.2, -0.15) is 0 Å². The Hall–Kier alpha value is -4.05. The highest BCUT2D eigenvalue weighted by Crippen LogP contribution is 2.35. The summed E-state index contributed by atoms with van der Waals surface area (Å²) in [6, 6.07) is 15.8. The van der Waals surface area contributed by atoms with Gasteiger partial charge in [-0.05, 0) is 38.0 Å². The van der Waals surface area contributed by atoms with Crippen molar-refractivity contribution in [3.8, 4) is 22.8 Å². The van der Waals surface area contributed by atoms with E-state index in [2.05, 4.69) is 21.3 Å². The molecule has 1 saturated carbocycles. The fourth-order valence-corrected chi connectivity index (χ4v) is 6.58. The first-order valence-corrected chi connectivity index (χ1v) is 15.6. The Kier molecular flexibility index (Phi) is 9.12. The van der Waals surface area contributed by atoms with E-state index in [4.69, 9.17) is 19.2 Å². The van der Waals surface area contributed by atoms with E-state index in [0.29, 0.717) is 45.0 Å². The summed E-state index contributed by atoms with van der Waals surface area (Å²) in [4.78, 5) is 33.4. The van der Waals surface area contributed by atoms with Crippen LogP contribution in [0.3, 0.4) is 0 Å². The van der Waals surface area contributed by atoms with E-state index in [1.165, 1.54) is 5.56 Å². The van der Waals surface area contributed by atoms with E-state index >= 15 is 0 Å². The minimum atomic E-state index is -0.406. The van der Waals surface area contributed by atoms with Crippen LogP contribution in [0, 0.1) is 0 Å². The molecule has 3 aliphatic rings. The van der Waals surface area contributed by atoms with Gasteiger partial charge in [-0.3, -0.25) is 4.79 Å². The maximum absolute atomic E-state index is 14.3. The Morgan fingerprint density at radius 1 is 1.14 bits per heavy atom. The van der Waals surface area contributed by atoms with Crippen LogP contribution in [0.5, 0.6) is 11.5 Å². The van der Waals surface area contributed by atoms with Gasteiger partial charge in [-0.25, -0.2) is 9.78 Å². The van der Waals surface area contributed by atoms with Gasteiger partial charge < -0.3 is 34.3 Å². The van der Waals surface area contributed by atoms with Crippen molar-refractivity contribution in [2.75, 3.05) is 39.5 Å². The number of aromatic nitrogens is 2. The predicted octanol–water partition coefficient (Wildman–Crippen LogP) is 4.60. The van der Waals surface area contributed by atoms with Crippen molar-refractivity contribution in [1.29, 1.82) is 0 Å². The molecule has 1 aliphatic carbocycles. The number of alkyl carbamates (subject to hydrolysis) is 1. The third-order valence-corrected chi connectivity index (χ3v) is 8.70. The average Bonchev–Trinajstić information content (AvgIpc) is 3.69. The van der Waals surface area contributed by atoms with Crippen LogP contribution >= 0.6 is 0 Å². The summed E-state index contributed by atoms with van der Waals surface area (Å²) >= 11 is 0. The van der Waals surface area contributed by atoms with Gasteiger partial charge in [0.25, 0.3) is 5.91 Å². The van der Waals surface area contributed by atoms with E-state index in [0.717, 1.165) is 61.4 Å². The van der Waals surface area contributed by atoms with Crippen LogP contribution < -0.4 is 20.1 Å². The van der Waals surface area contributed by atoms with Crippen LogP contribution in [0.25, 0.3) is 11.3 Å². The number of carbonyl (C=O) groups excluding carboxylic acids is 2. The fraction of sp³-hybridized carbons (Fsp3) is 0.485. The van der Waals surface area contributed by atoms with Crippen LogP contribution in [0.1, 0.15) is 61.1 Å². The molecule has 10 heteroatoms. The van der Waals surface area contributed by atoms with Crippen LogP contribution in [-0.2, 0) is 11.2 Å². The number of piperazine rings is 1. The highest BCUT2D eigenvalue weighted by atomic mass is 16.5.